The number of esters is 1. The van der Waals surface area contributed by atoms with Crippen LogP contribution in [0.4, 0.5) is 4.39 Å². The van der Waals surface area contributed by atoms with Gasteiger partial charge in [-0.15, -0.1) is 0 Å². The van der Waals surface area contributed by atoms with E-state index in [0.717, 1.165) is 48.2 Å². The van der Waals surface area contributed by atoms with Crippen molar-refractivity contribution >= 4 is 29.6 Å². The Morgan fingerprint density at radius 1 is 1.09 bits per heavy atom. The van der Waals surface area contributed by atoms with E-state index in [1.165, 1.54) is 12.1 Å². The van der Waals surface area contributed by atoms with Crippen LogP contribution in [0.3, 0.4) is 0 Å². The lowest BCUT2D eigenvalue weighted by Gasteiger charge is -2.36. The van der Waals surface area contributed by atoms with E-state index in [2.05, 4.69) is 4.90 Å². The average Bonchev–Trinajstić information content (AvgIpc) is 3.08. The van der Waals surface area contributed by atoms with E-state index in [0.29, 0.717) is 0 Å². The van der Waals surface area contributed by atoms with Crippen LogP contribution in [0.5, 0.6) is 0 Å². The van der Waals surface area contributed by atoms with Gasteiger partial charge >= 0.3 is 5.97 Å². The summed E-state index contributed by atoms with van der Waals surface area (Å²) in [6.07, 6.45) is 3.08. The molecule has 2 atom stereocenters. The van der Waals surface area contributed by atoms with E-state index in [4.69, 9.17) is 4.74 Å². The Balaban J connectivity index is 1.41. The van der Waals surface area contributed by atoms with E-state index < -0.39 is 47.5 Å². The first-order chi connectivity index (χ1) is 16.7. The molecule has 4 amide bonds. The van der Waals surface area contributed by atoms with Crippen molar-refractivity contribution in [1.29, 1.82) is 0 Å². The Morgan fingerprint density at radius 3 is 2.46 bits per heavy atom. The topological polar surface area (TPSA) is 104 Å². The highest BCUT2D eigenvalue weighted by atomic mass is 19.1. The van der Waals surface area contributed by atoms with Gasteiger partial charge in [-0.2, -0.15) is 0 Å². The molecule has 0 aromatic heterocycles. The number of hydrogen-bond donors (Lipinski definition) is 0. The van der Waals surface area contributed by atoms with Crippen LogP contribution in [-0.2, 0) is 19.1 Å². The number of benzene rings is 1. The third-order valence-electron chi connectivity index (χ3n) is 6.91. The molecule has 1 unspecified atom stereocenters. The van der Waals surface area contributed by atoms with E-state index in [-0.39, 0.29) is 43.0 Å². The van der Waals surface area contributed by atoms with Crippen LogP contribution in [0, 0.1) is 11.7 Å². The molecule has 0 spiro atoms. The minimum Gasteiger partial charge on any atom is -0.463 e. The molecular formula is C25H30FN3O6. The highest BCUT2D eigenvalue weighted by molar-refractivity contribution is 6.23. The zero-order chi connectivity index (χ0) is 25.3. The third-order valence-corrected chi connectivity index (χ3v) is 6.91. The molecule has 9 nitrogen and oxygen atoms in total. The van der Waals surface area contributed by atoms with E-state index in [1.54, 1.807) is 0 Å². The number of hydrogen-bond acceptors (Lipinski definition) is 7. The largest absolute Gasteiger partial charge is 0.463 e. The minimum atomic E-state index is -1.22. The van der Waals surface area contributed by atoms with Crippen molar-refractivity contribution in [3.05, 3.63) is 35.1 Å². The van der Waals surface area contributed by atoms with Crippen molar-refractivity contribution in [3.63, 3.8) is 0 Å². The van der Waals surface area contributed by atoms with Gasteiger partial charge in [-0.05, 0) is 50.4 Å². The summed E-state index contributed by atoms with van der Waals surface area (Å²) in [5.74, 6) is -4.04. The molecule has 10 heteroatoms. The molecule has 1 aromatic carbocycles. The third kappa shape index (κ3) is 4.71. The fourth-order valence-corrected chi connectivity index (χ4v) is 5.20. The molecule has 1 aromatic rings. The Hall–Kier alpha value is -3.14. The fraction of sp³-hybridized carbons (Fsp3) is 0.560. The molecule has 0 bridgehead atoms. The smallest absolute Gasteiger partial charge is 0.323 e. The maximum atomic E-state index is 14.2. The van der Waals surface area contributed by atoms with Crippen LogP contribution in [0.1, 0.15) is 66.7 Å². The number of likely N-dealkylation sites (tertiary alicyclic amines) is 2. The van der Waals surface area contributed by atoms with Gasteiger partial charge < -0.3 is 4.74 Å². The van der Waals surface area contributed by atoms with Gasteiger partial charge in [0.05, 0.1) is 17.7 Å². The first kappa shape index (κ1) is 25.0. The summed E-state index contributed by atoms with van der Waals surface area (Å²) in [7, 11) is 0. The number of nitrogens with zero attached hydrogens (tertiary/aromatic N) is 3. The number of imide groups is 2. The quantitative estimate of drug-likeness (QED) is 0.428. The van der Waals surface area contributed by atoms with Crippen molar-refractivity contribution in [2.45, 2.75) is 58.0 Å². The van der Waals surface area contributed by atoms with Crippen LogP contribution in [0.15, 0.2) is 18.2 Å². The lowest BCUT2D eigenvalue weighted by molar-refractivity contribution is -0.158. The predicted octanol–water partition coefficient (Wildman–Crippen LogP) is 1.99. The summed E-state index contributed by atoms with van der Waals surface area (Å²) in [6, 6.07) is 2.12. The number of carbonyl (C=O) groups is 5. The number of fused-ring (bicyclic) bond motifs is 1. The van der Waals surface area contributed by atoms with Crippen molar-refractivity contribution < 1.29 is 33.1 Å². The summed E-state index contributed by atoms with van der Waals surface area (Å²) in [5, 5.41) is 0. The lowest BCUT2D eigenvalue weighted by Crippen LogP contribution is -2.56. The Bertz CT molecular complexity index is 1050. The highest BCUT2D eigenvalue weighted by Crippen LogP contribution is 2.30. The highest BCUT2D eigenvalue weighted by Gasteiger charge is 2.48. The number of carbonyl (C=O) groups excluding carboxylic acids is 5. The Morgan fingerprint density at radius 2 is 1.80 bits per heavy atom. The molecule has 188 valence electrons. The second-order valence-electron chi connectivity index (χ2n) is 9.53. The van der Waals surface area contributed by atoms with Crippen molar-refractivity contribution in [3.8, 4) is 0 Å². The summed E-state index contributed by atoms with van der Waals surface area (Å²) < 4.78 is 19.7. The summed E-state index contributed by atoms with van der Waals surface area (Å²) in [4.78, 5) is 67.8. The van der Waals surface area contributed by atoms with Gasteiger partial charge in [0.25, 0.3) is 17.7 Å². The Labute approximate surface area is 203 Å². The second kappa shape index (κ2) is 10.2. The Kier molecular flexibility index (Phi) is 7.30. The molecule has 3 aliphatic rings. The number of rotatable bonds is 7. The minimum absolute atomic E-state index is 0.0363. The van der Waals surface area contributed by atoms with Crippen LogP contribution < -0.4 is 0 Å². The molecule has 0 saturated carbocycles. The van der Waals surface area contributed by atoms with Gasteiger partial charge in [-0.1, -0.05) is 26.3 Å². The number of ether oxygens (including phenoxy) is 1. The molecule has 3 heterocycles. The zero-order valence-corrected chi connectivity index (χ0v) is 20.0. The molecule has 3 aliphatic heterocycles. The van der Waals surface area contributed by atoms with Crippen LogP contribution in [-0.4, -0.2) is 82.6 Å². The van der Waals surface area contributed by atoms with Gasteiger partial charge in [0.1, 0.15) is 24.5 Å². The zero-order valence-electron chi connectivity index (χ0n) is 20.0. The fourth-order valence-electron chi connectivity index (χ4n) is 5.20. The molecule has 0 N–H and O–H groups in total. The lowest BCUT2D eigenvalue weighted by atomic mass is 9.99. The maximum absolute atomic E-state index is 14.2. The second-order valence-corrected chi connectivity index (χ2v) is 9.53. The van der Waals surface area contributed by atoms with Gasteiger partial charge in [-0.3, -0.25) is 38.7 Å². The van der Waals surface area contributed by atoms with Crippen molar-refractivity contribution in [2.24, 2.45) is 5.92 Å². The maximum Gasteiger partial charge on any atom is 0.323 e. The van der Waals surface area contributed by atoms with Crippen molar-refractivity contribution in [1.82, 2.24) is 14.7 Å². The first-order valence-corrected chi connectivity index (χ1v) is 12.1. The van der Waals surface area contributed by atoms with Gasteiger partial charge in [0.2, 0.25) is 5.91 Å². The molecule has 0 radical (unpaired) electrons. The molecular weight excluding hydrogens is 457 g/mol. The number of piperidine rings is 2. The first-order valence-electron chi connectivity index (χ1n) is 12.1. The summed E-state index contributed by atoms with van der Waals surface area (Å²) >= 11 is 0. The van der Waals surface area contributed by atoms with Gasteiger partial charge in [0, 0.05) is 6.42 Å². The van der Waals surface area contributed by atoms with Crippen LogP contribution >= 0.6 is 0 Å². The van der Waals surface area contributed by atoms with Crippen molar-refractivity contribution in [2.75, 3.05) is 26.2 Å². The van der Waals surface area contributed by atoms with Gasteiger partial charge in [0.15, 0.2) is 0 Å². The van der Waals surface area contributed by atoms with E-state index >= 15 is 0 Å². The monoisotopic (exact) mass is 487 g/mol. The molecule has 35 heavy (non-hydrogen) atoms. The van der Waals surface area contributed by atoms with E-state index in [9.17, 15) is 28.4 Å². The molecule has 0 aliphatic carbocycles. The number of halogens is 1. The van der Waals surface area contributed by atoms with E-state index in [1.807, 2.05) is 13.8 Å². The van der Waals surface area contributed by atoms with Crippen LogP contribution in [0.2, 0.25) is 0 Å². The number of amides is 4. The average molecular weight is 488 g/mol. The standard InChI is InChI=1S/C25H30FN3O6/c1-15(2)21(27-11-4-3-5-12-27)25(34)35-14-13-28-19(30)10-9-18(23(28)32)29-22(31)16-7-6-8-17(26)20(16)24(29)33/h6-8,15,18,21H,3-5,9-14H2,1-2H3/t18?,21-/m0/s1. The molecule has 2 fully saturated rings. The molecule has 4 rings (SSSR count). The van der Waals surface area contributed by atoms with Gasteiger partial charge in [-0.25, -0.2) is 4.39 Å². The van der Waals surface area contributed by atoms with Crippen LogP contribution in [0.25, 0.3) is 0 Å². The SMILES string of the molecule is CC(C)[C@@H](C(=O)OCCN1C(=O)CCC(N2C(=O)c3cccc(F)c3C2=O)C1=O)N1CCCCC1. The summed E-state index contributed by atoms with van der Waals surface area (Å²) in [6.45, 7) is 5.19. The summed E-state index contributed by atoms with van der Waals surface area (Å²) in [5.41, 5.74) is -0.460. The predicted molar refractivity (Wildman–Crippen MR) is 122 cm³/mol. The molecule has 2 saturated heterocycles. The normalized spacial score (nSPS) is 22.1.